The van der Waals surface area contributed by atoms with Crippen molar-refractivity contribution in [3.05, 3.63) is 18.2 Å². The molecule has 18 heavy (non-hydrogen) atoms. The van der Waals surface area contributed by atoms with Gasteiger partial charge in [0.1, 0.15) is 0 Å². The van der Waals surface area contributed by atoms with Crippen LogP contribution in [-0.4, -0.2) is 31.6 Å². The molecule has 1 aromatic carbocycles. The van der Waals surface area contributed by atoms with E-state index in [9.17, 15) is 13.2 Å². The second-order valence-corrected chi connectivity index (χ2v) is 5.88. The van der Waals surface area contributed by atoms with Crippen molar-refractivity contribution in [2.75, 3.05) is 12.4 Å². The van der Waals surface area contributed by atoms with E-state index < -0.39 is 15.1 Å². The number of fused-ring (bicyclic) bond motifs is 1. The van der Waals surface area contributed by atoms with Gasteiger partial charge in [0, 0.05) is 10.7 Å². The van der Waals surface area contributed by atoms with E-state index in [2.05, 4.69) is 20.0 Å². The quantitative estimate of drug-likeness (QED) is 0.819. The number of hydrogen-bond donors (Lipinski definition) is 2. The molecule has 0 aliphatic heterocycles. The number of ether oxygens (including phenoxy) is 1. The number of amides is 1. The summed E-state index contributed by atoms with van der Waals surface area (Å²) in [5, 5.41) is 2.33. The topological polar surface area (TPSA) is 101 Å². The van der Waals surface area contributed by atoms with Crippen LogP contribution in [0.5, 0.6) is 0 Å². The van der Waals surface area contributed by atoms with E-state index in [1.54, 1.807) is 0 Å². The Morgan fingerprint density at radius 1 is 1.50 bits per heavy atom. The Kier molecular flexibility index (Phi) is 3.14. The smallest absolute Gasteiger partial charge is 0.413 e. The number of imidazole rings is 1. The summed E-state index contributed by atoms with van der Waals surface area (Å²) in [7, 11) is 2.64. The third-order valence-corrected chi connectivity index (χ3v) is 3.49. The molecule has 1 amide bonds. The zero-order chi connectivity index (χ0) is 13.3. The van der Waals surface area contributed by atoms with Crippen LogP contribution in [0.4, 0.5) is 10.7 Å². The lowest BCUT2D eigenvalue weighted by Crippen LogP contribution is -2.11. The minimum atomic E-state index is -3.80. The van der Waals surface area contributed by atoms with E-state index in [1.807, 2.05) is 0 Å². The largest absolute Gasteiger partial charge is 0.453 e. The van der Waals surface area contributed by atoms with E-state index >= 15 is 0 Å². The first-order valence-corrected chi connectivity index (χ1v) is 7.00. The predicted octanol–water partition coefficient (Wildman–Crippen LogP) is 1.67. The third-order valence-electron chi connectivity index (χ3n) is 2.14. The number of carbonyl (C=O) groups is 1. The second-order valence-electron chi connectivity index (χ2n) is 3.32. The number of aromatic amines is 1. The van der Waals surface area contributed by atoms with Crippen LogP contribution in [-0.2, 0) is 13.8 Å². The van der Waals surface area contributed by atoms with Gasteiger partial charge in [-0.3, -0.25) is 5.32 Å². The lowest BCUT2D eigenvalue weighted by Gasteiger charge is -1.97. The zero-order valence-electron chi connectivity index (χ0n) is 9.10. The number of nitrogens with one attached hydrogen (secondary N) is 2. The molecule has 0 saturated carbocycles. The third kappa shape index (κ3) is 2.54. The van der Waals surface area contributed by atoms with Gasteiger partial charge in [-0.25, -0.2) is 18.2 Å². The van der Waals surface area contributed by atoms with E-state index in [4.69, 9.17) is 10.7 Å². The zero-order valence-corrected chi connectivity index (χ0v) is 10.7. The predicted molar refractivity (Wildman–Crippen MR) is 65.2 cm³/mol. The number of H-pyrrole nitrogens is 1. The highest BCUT2D eigenvalue weighted by Gasteiger charge is 2.13. The minimum Gasteiger partial charge on any atom is -0.453 e. The van der Waals surface area contributed by atoms with Crippen LogP contribution in [0.25, 0.3) is 11.0 Å². The molecule has 0 unspecified atom stereocenters. The molecular formula is C9H8ClN3O4S. The Labute approximate surface area is 107 Å². The number of halogens is 1. The number of carbonyl (C=O) groups excluding carboxylic acids is 1. The number of rotatable bonds is 2. The average molecular weight is 290 g/mol. The van der Waals surface area contributed by atoms with Crippen molar-refractivity contribution in [1.29, 1.82) is 0 Å². The van der Waals surface area contributed by atoms with Gasteiger partial charge in [0.25, 0.3) is 9.05 Å². The molecule has 0 fully saturated rings. The Morgan fingerprint density at radius 3 is 2.83 bits per heavy atom. The Bertz CT molecular complexity index is 710. The Morgan fingerprint density at radius 2 is 2.22 bits per heavy atom. The van der Waals surface area contributed by atoms with Gasteiger partial charge in [-0.15, -0.1) is 0 Å². The summed E-state index contributed by atoms with van der Waals surface area (Å²) < 4.78 is 26.7. The number of aromatic nitrogens is 2. The van der Waals surface area contributed by atoms with E-state index in [-0.39, 0.29) is 10.8 Å². The van der Waals surface area contributed by atoms with E-state index in [0.29, 0.717) is 11.0 Å². The molecule has 9 heteroatoms. The molecule has 2 rings (SSSR count). The van der Waals surface area contributed by atoms with Gasteiger partial charge < -0.3 is 9.72 Å². The highest BCUT2D eigenvalue weighted by molar-refractivity contribution is 8.13. The van der Waals surface area contributed by atoms with Crippen molar-refractivity contribution in [3.8, 4) is 0 Å². The SMILES string of the molecule is COC(=O)Nc1nc2ccc(S(=O)(=O)Cl)cc2[nH]1. The summed E-state index contributed by atoms with van der Waals surface area (Å²) in [6, 6.07) is 4.13. The summed E-state index contributed by atoms with van der Waals surface area (Å²) in [5.41, 5.74) is 0.925. The minimum absolute atomic E-state index is 0.0510. The highest BCUT2D eigenvalue weighted by atomic mass is 35.7. The summed E-state index contributed by atoms with van der Waals surface area (Å²) in [5.74, 6) is 0.154. The van der Waals surface area contributed by atoms with Crippen molar-refractivity contribution in [1.82, 2.24) is 9.97 Å². The molecule has 0 spiro atoms. The summed E-state index contributed by atoms with van der Waals surface area (Å²) in [4.78, 5) is 17.7. The fraction of sp³-hybridized carbons (Fsp3) is 0.111. The van der Waals surface area contributed by atoms with Gasteiger partial charge in [-0.05, 0) is 18.2 Å². The van der Waals surface area contributed by atoms with Crippen LogP contribution in [0.3, 0.4) is 0 Å². The standard InChI is InChI=1S/C9H8ClN3O4S/c1-17-9(14)13-8-11-6-3-2-5(18(10,15)16)4-7(6)12-8/h2-4H,1H3,(H2,11,12,13,14). The first kappa shape index (κ1) is 12.7. The van der Waals surface area contributed by atoms with Crippen LogP contribution < -0.4 is 5.32 Å². The summed E-state index contributed by atoms with van der Waals surface area (Å²) >= 11 is 0. The maximum atomic E-state index is 11.1. The van der Waals surface area contributed by atoms with Crippen molar-refractivity contribution in [2.45, 2.75) is 4.90 Å². The highest BCUT2D eigenvalue weighted by Crippen LogP contribution is 2.21. The molecule has 96 valence electrons. The monoisotopic (exact) mass is 289 g/mol. The fourth-order valence-electron chi connectivity index (χ4n) is 1.35. The molecule has 1 heterocycles. The van der Waals surface area contributed by atoms with Gasteiger partial charge in [0.15, 0.2) is 0 Å². The van der Waals surface area contributed by atoms with Crippen molar-refractivity contribution in [2.24, 2.45) is 0 Å². The number of methoxy groups -OCH3 is 1. The van der Waals surface area contributed by atoms with Gasteiger partial charge in [-0.2, -0.15) is 0 Å². The first-order chi connectivity index (χ1) is 8.40. The van der Waals surface area contributed by atoms with Crippen LogP contribution >= 0.6 is 10.7 Å². The molecule has 0 aliphatic rings. The number of nitrogens with zero attached hydrogens (tertiary/aromatic N) is 1. The molecule has 2 N–H and O–H groups in total. The number of hydrogen-bond acceptors (Lipinski definition) is 5. The van der Waals surface area contributed by atoms with Crippen molar-refractivity contribution in [3.63, 3.8) is 0 Å². The van der Waals surface area contributed by atoms with Crippen LogP contribution in [0.2, 0.25) is 0 Å². The van der Waals surface area contributed by atoms with Crippen LogP contribution in [0.1, 0.15) is 0 Å². The molecule has 0 atom stereocenters. The summed E-state index contributed by atoms with van der Waals surface area (Å²) in [6.45, 7) is 0. The normalized spacial score (nSPS) is 11.4. The summed E-state index contributed by atoms with van der Waals surface area (Å²) in [6.07, 6.45) is -0.681. The molecule has 0 aliphatic carbocycles. The molecular weight excluding hydrogens is 282 g/mol. The first-order valence-electron chi connectivity index (χ1n) is 4.69. The second kappa shape index (κ2) is 4.46. The van der Waals surface area contributed by atoms with Crippen molar-refractivity contribution < 1.29 is 17.9 Å². The average Bonchev–Trinajstić information content (AvgIpc) is 2.68. The van der Waals surface area contributed by atoms with Gasteiger partial charge in [0.05, 0.1) is 23.0 Å². The molecule has 7 nitrogen and oxygen atoms in total. The van der Waals surface area contributed by atoms with Crippen LogP contribution in [0.15, 0.2) is 23.1 Å². The number of anilines is 1. The maximum Gasteiger partial charge on any atom is 0.413 e. The molecule has 0 bridgehead atoms. The molecule has 0 radical (unpaired) electrons. The molecule has 1 aromatic heterocycles. The Balaban J connectivity index is 2.43. The molecule has 2 aromatic rings. The fourth-order valence-corrected chi connectivity index (χ4v) is 2.12. The van der Waals surface area contributed by atoms with Gasteiger partial charge >= 0.3 is 6.09 Å². The number of benzene rings is 1. The Hall–Kier alpha value is -1.80. The van der Waals surface area contributed by atoms with Crippen LogP contribution in [0, 0.1) is 0 Å². The van der Waals surface area contributed by atoms with Gasteiger partial charge in [-0.1, -0.05) is 0 Å². The van der Waals surface area contributed by atoms with Gasteiger partial charge in [0.2, 0.25) is 5.95 Å². The van der Waals surface area contributed by atoms with Crippen molar-refractivity contribution >= 4 is 42.8 Å². The maximum absolute atomic E-state index is 11.1. The van der Waals surface area contributed by atoms with E-state index in [0.717, 1.165) is 0 Å². The lowest BCUT2D eigenvalue weighted by molar-refractivity contribution is 0.186. The molecule has 0 saturated heterocycles. The van der Waals surface area contributed by atoms with E-state index in [1.165, 1.54) is 25.3 Å². The lowest BCUT2D eigenvalue weighted by atomic mass is 10.3.